The van der Waals surface area contributed by atoms with Gasteiger partial charge in [0.25, 0.3) is 5.91 Å². The first-order valence-corrected chi connectivity index (χ1v) is 8.87. The number of benzene rings is 1. The number of anilines is 1. The van der Waals surface area contributed by atoms with Crippen LogP contribution >= 0.6 is 12.4 Å². The number of carbonyl (C=O) groups is 2. The van der Waals surface area contributed by atoms with E-state index in [0.717, 1.165) is 25.9 Å². The summed E-state index contributed by atoms with van der Waals surface area (Å²) >= 11 is 0. The van der Waals surface area contributed by atoms with E-state index in [0.29, 0.717) is 31.9 Å². The molecule has 1 aromatic carbocycles. The number of nitrogens with one attached hydrogen (secondary N) is 3. The summed E-state index contributed by atoms with van der Waals surface area (Å²) in [5.74, 6) is -1.07. The minimum Gasteiger partial charge on any atom is -0.384 e. The predicted molar refractivity (Wildman–Crippen MR) is 103 cm³/mol. The molecule has 2 aliphatic heterocycles. The fourth-order valence-electron chi connectivity index (χ4n) is 3.57. The van der Waals surface area contributed by atoms with E-state index in [4.69, 9.17) is 4.74 Å². The summed E-state index contributed by atoms with van der Waals surface area (Å²) in [6.07, 6.45) is 1.77. The van der Waals surface area contributed by atoms with Crippen LogP contribution in [0.15, 0.2) is 18.2 Å². The van der Waals surface area contributed by atoms with Crippen molar-refractivity contribution in [2.75, 3.05) is 51.3 Å². The Labute approximate surface area is 164 Å². The Morgan fingerprint density at radius 3 is 2.70 bits per heavy atom. The van der Waals surface area contributed by atoms with E-state index in [1.807, 2.05) is 0 Å². The van der Waals surface area contributed by atoms with E-state index in [2.05, 4.69) is 16.0 Å². The number of nitrogens with zero attached hydrogens (tertiary/aromatic N) is 1. The number of ether oxygens (including phenoxy) is 1. The molecule has 2 fully saturated rings. The molecule has 27 heavy (non-hydrogen) atoms. The second kappa shape index (κ2) is 9.34. The van der Waals surface area contributed by atoms with Crippen LogP contribution in [0.25, 0.3) is 0 Å². The zero-order valence-electron chi connectivity index (χ0n) is 15.3. The largest absolute Gasteiger partial charge is 0.384 e. The third kappa shape index (κ3) is 4.88. The van der Waals surface area contributed by atoms with Crippen LogP contribution in [-0.2, 0) is 4.74 Å². The predicted octanol–water partition coefficient (Wildman–Crippen LogP) is 1.52. The van der Waals surface area contributed by atoms with Crippen LogP contribution in [0.1, 0.15) is 23.2 Å². The lowest BCUT2D eigenvalue weighted by Crippen LogP contribution is -2.47. The first kappa shape index (κ1) is 21.4. The first-order chi connectivity index (χ1) is 12.5. The van der Waals surface area contributed by atoms with Gasteiger partial charge in [-0.1, -0.05) is 0 Å². The SMILES string of the molecule is COCC1(CNC(=O)c2cc(N3CCNC3=O)ccc2F)CCNCC1.Cl. The molecular weight excluding hydrogens is 375 g/mol. The van der Waals surface area contributed by atoms with Gasteiger partial charge in [0.1, 0.15) is 5.82 Å². The normalized spacial score (nSPS) is 18.6. The minimum atomic E-state index is -0.600. The number of methoxy groups -OCH3 is 1. The molecule has 150 valence electrons. The molecule has 0 bridgehead atoms. The van der Waals surface area contributed by atoms with Crippen molar-refractivity contribution in [3.8, 4) is 0 Å². The summed E-state index contributed by atoms with van der Waals surface area (Å²) in [7, 11) is 1.65. The van der Waals surface area contributed by atoms with E-state index in [9.17, 15) is 14.0 Å². The van der Waals surface area contributed by atoms with Gasteiger partial charge in [0.2, 0.25) is 0 Å². The minimum absolute atomic E-state index is 0. The van der Waals surface area contributed by atoms with Crippen LogP contribution in [-0.4, -0.2) is 58.4 Å². The van der Waals surface area contributed by atoms with Crippen molar-refractivity contribution >= 4 is 30.0 Å². The van der Waals surface area contributed by atoms with Crippen LogP contribution < -0.4 is 20.9 Å². The van der Waals surface area contributed by atoms with E-state index >= 15 is 0 Å². The van der Waals surface area contributed by atoms with Gasteiger partial charge in [0.05, 0.1) is 12.2 Å². The van der Waals surface area contributed by atoms with Gasteiger partial charge in [-0.15, -0.1) is 12.4 Å². The van der Waals surface area contributed by atoms with E-state index in [-0.39, 0.29) is 29.4 Å². The molecule has 2 aliphatic rings. The van der Waals surface area contributed by atoms with Gasteiger partial charge in [-0.2, -0.15) is 0 Å². The first-order valence-electron chi connectivity index (χ1n) is 8.87. The number of hydrogen-bond acceptors (Lipinski definition) is 4. The summed E-state index contributed by atoms with van der Waals surface area (Å²) in [5.41, 5.74) is 0.321. The zero-order chi connectivity index (χ0) is 18.6. The molecule has 0 aliphatic carbocycles. The molecule has 0 saturated carbocycles. The van der Waals surface area contributed by atoms with Crippen molar-refractivity contribution < 1.29 is 18.7 Å². The summed E-state index contributed by atoms with van der Waals surface area (Å²) in [5, 5.41) is 8.85. The molecule has 0 spiro atoms. The van der Waals surface area contributed by atoms with Crippen molar-refractivity contribution in [1.82, 2.24) is 16.0 Å². The molecular formula is C18H26ClFN4O3. The van der Waals surface area contributed by atoms with Gasteiger partial charge in [0.15, 0.2) is 0 Å². The van der Waals surface area contributed by atoms with Gasteiger partial charge in [0, 0.05) is 37.8 Å². The van der Waals surface area contributed by atoms with Crippen LogP contribution in [0.2, 0.25) is 0 Å². The number of rotatable bonds is 6. The lowest BCUT2D eigenvalue weighted by atomic mass is 9.79. The molecule has 3 N–H and O–H groups in total. The summed E-state index contributed by atoms with van der Waals surface area (Å²) in [6, 6.07) is 3.93. The standard InChI is InChI=1S/C18H25FN4O3.ClH/c1-26-12-18(4-6-20-7-5-18)11-22-16(24)14-10-13(2-3-15(14)19)23-9-8-21-17(23)25;/h2-3,10,20H,4-9,11-12H2,1H3,(H,21,25)(H,22,24);1H. The Morgan fingerprint density at radius 2 is 2.07 bits per heavy atom. The molecule has 1 aromatic rings. The number of piperidine rings is 1. The molecule has 0 radical (unpaired) electrons. The molecule has 0 unspecified atom stereocenters. The van der Waals surface area contributed by atoms with Gasteiger partial charge < -0.3 is 20.7 Å². The fourth-order valence-corrected chi connectivity index (χ4v) is 3.57. The van der Waals surface area contributed by atoms with Gasteiger partial charge >= 0.3 is 6.03 Å². The quantitative estimate of drug-likeness (QED) is 0.676. The summed E-state index contributed by atoms with van der Waals surface area (Å²) in [4.78, 5) is 25.9. The zero-order valence-corrected chi connectivity index (χ0v) is 16.2. The van der Waals surface area contributed by atoms with Crippen LogP contribution in [0.3, 0.4) is 0 Å². The molecule has 3 rings (SSSR count). The molecule has 3 amide bonds. The van der Waals surface area contributed by atoms with Crippen molar-refractivity contribution in [1.29, 1.82) is 0 Å². The average molecular weight is 401 g/mol. The van der Waals surface area contributed by atoms with Gasteiger partial charge in [-0.3, -0.25) is 9.69 Å². The van der Waals surface area contributed by atoms with Crippen LogP contribution in [0.4, 0.5) is 14.9 Å². The number of halogens is 2. The average Bonchev–Trinajstić information content (AvgIpc) is 3.07. The molecule has 0 aromatic heterocycles. The lowest BCUT2D eigenvalue weighted by Gasteiger charge is -2.37. The number of amides is 3. The van der Waals surface area contributed by atoms with Crippen molar-refractivity contribution in [2.24, 2.45) is 5.41 Å². The second-order valence-corrected chi connectivity index (χ2v) is 6.91. The molecule has 0 atom stereocenters. The molecule has 2 saturated heterocycles. The Balaban J connectivity index is 0.00000261. The lowest BCUT2D eigenvalue weighted by molar-refractivity contribution is 0.0511. The molecule has 7 nitrogen and oxygen atoms in total. The van der Waals surface area contributed by atoms with E-state index in [1.54, 1.807) is 7.11 Å². The topological polar surface area (TPSA) is 82.7 Å². The highest BCUT2D eigenvalue weighted by Gasteiger charge is 2.33. The van der Waals surface area contributed by atoms with Crippen molar-refractivity contribution in [3.63, 3.8) is 0 Å². The van der Waals surface area contributed by atoms with Crippen molar-refractivity contribution in [3.05, 3.63) is 29.6 Å². The van der Waals surface area contributed by atoms with Gasteiger partial charge in [-0.25, -0.2) is 9.18 Å². The maximum absolute atomic E-state index is 14.2. The number of hydrogen-bond donors (Lipinski definition) is 3. The third-order valence-electron chi connectivity index (χ3n) is 5.10. The highest BCUT2D eigenvalue weighted by molar-refractivity contribution is 5.98. The Hall–Kier alpha value is -1.90. The fraction of sp³-hybridized carbons (Fsp3) is 0.556. The van der Waals surface area contributed by atoms with Gasteiger partial charge in [-0.05, 0) is 44.1 Å². The molecule has 2 heterocycles. The second-order valence-electron chi connectivity index (χ2n) is 6.91. The highest BCUT2D eigenvalue weighted by atomic mass is 35.5. The van der Waals surface area contributed by atoms with E-state index < -0.39 is 11.7 Å². The van der Waals surface area contributed by atoms with Crippen LogP contribution in [0.5, 0.6) is 0 Å². The molecule has 9 heteroatoms. The summed E-state index contributed by atoms with van der Waals surface area (Å²) in [6.45, 7) is 3.74. The maximum Gasteiger partial charge on any atom is 0.321 e. The summed E-state index contributed by atoms with van der Waals surface area (Å²) < 4.78 is 19.5. The third-order valence-corrected chi connectivity index (χ3v) is 5.10. The Morgan fingerprint density at radius 1 is 1.33 bits per heavy atom. The highest BCUT2D eigenvalue weighted by Crippen LogP contribution is 2.28. The monoisotopic (exact) mass is 400 g/mol. The number of carbonyl (C=O) groups excluding carboxylic acids is 2. The van der Waals surface area contributed by atoms with Crippen molar-refractivity contribution in [2.45, 2.75) is 12.8 Å². The Kier molecular flexibility index (Phi) is 7.41. The smallest absolute Gasteiger partial charge is 0.321 e. The Bertz CT molecular complexity index is 677. The van der Waals surface area contributed by atoms with E-state index in [1.165, 1.54) is 23.1 Å². The van der Waals surface area contributed by atoms with Crippen LogP contribution in [0, 0.1) is 11.2 Å². The maximum atomic E-state index is 14.2. The number of urea groups is 1.